The summed E-state index contributed by atoms with van der Waals surface area (Å²) in [6, 6.07) is 21.0. The molecule has 0 aromatic heterocycles. The predicted molar refractivity (Wildman–Crippen MR) is 92.1 cm³/mol. The smallest absolute Gasteiger partial charge is 0.0382 e. The van der Waals surface area contributed by atoms with E-state index in [1.807, 2.05) is 12.1 Å². The zero-order valence-electron chi connectivity index (χ0n) is 13.0. The van der Waals surface area contributed by atoms with Crippen molar-refractivity contribution in [2.75, 3.05) is 26.2 Å². The molecule has 22 heavy (non-hydrogen) atoms. The summed E-state index contributed by atoms with van der Waals surface area (Å²) in [4.78, 5) is 0. The highest BCUT2D eigenvalue weighted by Crippen LogP contribution is 2.02. The maximum atomic E-state index is 5.60. The number of hydrazine groups is 1. The van der Waals surface area contributed by atoms with Crippen molar-refractivity contribution in [3.05, 3.63) is 71.8 Å². The first kappa shape index (κ1) is 16.6. The van der Waals surface area contributed by atoms with Crippen molar-refractivity contribution in [3.8, 4) is 0 Å². The molecule has 2 aromatic rings. The molecule has 2 rings (SSSR count). The van der Waals surface area contributed by atoms with Crippen molar-refractivity contribution >= 4 is 0 Å². The van der Waals surface area contributed by atoms with Crippen LogP contribution in [0.2, 0.25) is 0 Å². The van der Waals surface area contributed by atoms with Crippen LogP contribution in [0, 0.1) is 0 Å². The summed E-state index contributed by atoms with van der Waals surface area (Å²) in [7, 11) is 0. The van der Waals surface area contributed by atoms with E-state index < -0.39 is 0 Å². The van der Waals surface area contributed by atoms with Gasteiger partial charge in [-0.05, 0) is 11.1 Å². The van der Waals surface area contributed by atoms with Crippen LogP contribution in [0.25, 0.3) is 0 Å². The Morgan fingerprint density at radius 2 is 1.45 bits per heavy atom. The fourth-order valence-corrected chi connectivity index (χ4v) is 2.28. The summed E-state index contributed by atoms with van der Waals surface area (Å²) in [5.41, 5.74) is 11.6. The Kier molecular flexibility index (Phi) is 7.63. The molecule has 0 unspecified atom stereocenters. The van der Waals surface area contributed by atoms with Gasteiger partial charge in [0.25, 0.3) is 0 Å². The fraction of sp³-hybridized carbons (Fsp3) is 0.333. The van der Waals surface area contributed by atoms with Gasteiger partial charge < -0.3 is 11.1 Å². The lowest BCUT2D eigenvalue weighted by Gasteiger charge is -2.23. The van der Waals surface area contributed by atoms with Gasteiger partial charge in [0.2, 0.25) is 0 Å². The number of rotatable bonds is 10. The molecule has 118 valence electrons. The van der Waals surface area contributed by atoms with Gasteiger partial charge in [0.1, 0.15) is 0 Å². The molecule has 4 nitrogen and oxygen atoms in total. The number of nitrogens with two attached hydrogens (primary N) is 1. The summed E-state index contributed by atoms with van der Waals surface area (Å²) < 4.78 is 0. The van der Waals surface area contributed by atoms with E-state index in [-0.39, 0.29) is 0 Å². The zero-order chi connectivity index (χ0) is 15.5. The average Bonchev–Trinajstić information content (AvgIpc) is 2.58. The molecule has 0 amide bonds. The molecule has 4 heteroatoms. The third kappa shape index (κ3) is 6.37. The lowest BCUT2D eigenvalue weighted by Crippen LogP contribution is -2.43. The molecule has 0 aliphatic rings. The van der Waals surface area contributed by atoms with Gasteiger partial charge in [-0.2, -0.15) is 0 Å². The molecule has 0 aliphatic carbocycles. The number of nitrogens with one attached hydrogen (secondary N) is 2. The Hall–Kier alpha value is -1.72. The number of nitrogens with zero attached hydrogens (tertiary/aromatic N) is 1. The fourth-order valence-electron chi connectivity index (χ4n) is 2.28. The third-order valence-electron chi connectivity index (χ3n) is 3.43. The Labute approximate surface area is 133 Å². The zero-order valence-corrected chi connectivity index (χ0v) is 13.0. The van der Waals surface area contributed by atoms with Crippen LogP contribution >= 0.6 is 0 Å². The highest BCUT2D eigenvalue weighted by atomic mass is 15.5. The minimum absolute atomic E-state index is 0.642. The Bertz CT molecular complexity index is 501. The first-order chi connectivity index (χ1) is 10.9. The van der Waals surface area contributed by atoms with Crippen LogP contribution in [0.15, 0.2) is 60.7 Å². The van der Waals surface area contributed by atoms with Gasteiger partial charge in [-0.1, -0.05) is 60.7 Å². The maximum Gasteiger partial charge on any atom is 0.0382 e. The van der Waals surface area contributed by atoms with Crippen LogP contribution in [-0.2, 0) is 13.1 Å². The molecular weight excluding hydrogens is 272 g/mol. The molecule has 4 N–H and O–H groups in total. The van der Waals surface area contributed by atoms with Crippen molar-refractivity contribution in [2.45, 2.75) is 13.1 Å². The number of hydrogen-bond donors (Lipinski definition) is 3. The van der Waals surface area contributed by atoms with Crippen LogP contribution in [0.1, 0.15) is 11.1 Å². The molecule has 2 aromatic carbocycles. The molecular formula is C18H26N4. The second-order valence-corrected chi connectivity index (χ2v) is 5.27. The summed E-state index contributed by atoms with van der Waals surface area (Å²) in [6.07, 6.45) is 0. The van der Waals surface area contributed by atoms with Crippen molar-refractivity contribution in [1.82, 2.24) is 15.8 Å². The highest BCUT2D eigenvalue weighted by Gasteiger charge is 2.04. The topological polar surface area (TPSA) is 53.3 Å². The molecule has 0 saturated heterocycles. The minimum atomic E-state index is 0.642. The summed E-state index contributed by atoms with van der Waals surface area (Å²) in [5.74, 6) is 0. The van der Waals surface area contributed by atoms with E-state index in [1.54, 1.807) is 0 Å². The Morgan fingerprint density at radius 1 is 0.818 bits per heavy atom. The van der Waals surface area contributed by atoms with E-state index in [2.05, 4.69) is 64.3 Å². The minimum Gasteiger partial charge on any atom is -0.329 e. The van der Waals surface area contributed by atoms with Crippen molar-refractivity contribution < 1.29 is 0 Å². The number of hydrogen-bond acceptors (Lipinski definition) is 4. The lowest BCUT2D eigenvalue weighted by molar-refractivity contribution is 0.181. The molecule has 0 atom stereocenters. The van der Waals surface area contributed by atoms with Gasteiger partial charge in [0.05, 0.1) is 0 Å². The monoisotopic (exact) mass is 298 g/mol. The van der Waals surface area contributed by atoms with Gasteiger partial charge in [-0.3, -0.25) is 5.43 Å². The maximum absolute atomic E-state index is 5.60. The van der Waals surface area contributed by atoms with Crippen LogP contribution in [0.5, 0.6) is 0 Å². The van der Waals surface area contributed by atoms with Crippen molar-refractivity contribution in [1.29, 1.82) is 0 Å². The first-order valence-electron chi connectivity index (χ1n) is 7.85. The lowest BCUT2D eigenvalue weighted by atomic mass is 10.2. The van der Waals surface area contributed by atoms with Crippen LogP contribution in [-0.4, -0.2) is 31.2 Å². The van der Waals surface area contributed by atoms with Gasteiger partial charge in [-0.15, -0.1) is 0 Å². The van der Waals surface area contributed by atoms with E-state index >= 15 is 0 Å². The van der Waals surface area contributed by atoms with E-state index in [0.29, 0.717) is 6.54 Å². The predicted octanol–water partition coefficient (Wildman–Crippen LogP) is 1.74. The van der Waals surface area contributed by atoms with E-state index in [1.165, 1.54) is 11.1 Å². The highest BCUT2D eigenvalue weighted by molar-refractivity contribution is 5.15. The number of benzene rings is 2. The van der Waals surface area contributed by atoms with E-state index in [0.717, 1.165) is 32.7 Å². The summed E-state index contributed by atoms with van der Waals surface area (Å²) in [6.45, 7) is 5.08. The largest absolute Gasteiger partial charge is 0.329 e. The molecule has 0 radical (unpaired) electrons. The second kappa shape index (κ2) is 10.1. The molecule has 0 bridgehead atoms. The van der Waals surface area contributed by atoms with Gasteiger partial charge in [0.15, 0.2) is 0 Å². The van der Waals surface area contributed by atoms with Crippen molar-refractivity contribution in [3.63, 3.8) is 0 Å². The standard InChI is InChI=1S/C18H26N4/c19-11-12-21-22(16-18-9-5-2-6-10-18)14-13-20-15-17-7-3-1-4-8-17/h1-10,20-21H,11-16,19H2. The normalized spacial score (nSPS) is 11.0. The molecule has 0 heterocycles. The average molecular weight is 298 g/mol. The third-order valence-corrected chi connectivity index (χ3v) is 3.43. The van der Waals surface area contributed by atoms with Gasteiger partial charge in [-0.25, -0.2) is 5.01 Å². The van der Waals surface area contributed by atoms with Crippen LogP contribution in [0.3, 0.4) is 0 Å². The quantitative estimate of drug-likeness (QED) is 0.462. The first-order valence-corrected chi connectivity index (χ1v) is 7.85. The Morgan fingerprint density at radius 3 is 2.09 bits per heavy atom. The molecule has 0 aliphatic heterocycles. The Balaban J connectivity index is 1.74. The van der Waals surface area contributed by atoms with Crippen LogP contribution < -0.4 is 16.5 Å². The SMILES string of the molecule is NCCNN(CCNCc1ccccc1)Cc1ccccc1. The van der Waals surface area contributed by atoms with Gasteiger partial charge >= 0.3 is 0 Å². The van der Waals surface area contributed by atoms with E-state index in [9.17, 15) is 0 Å². The summed E-state index contributed by atoms with van der Waals surface area (Å²) in [5, 5.41) is 5.70. The molecule has 0 spiro atoms. The summed E-state index contributed by atoms with van der Waals surface area (Å²) >= 11 is 0. The van der Waals surface area contributed by atoms with Gasteiger partial charge in [0, 0.05) is 39.3 Å². The molecule has 0 saturated carbocycles. The van der Waals surface area contributed by atoms with Crippen LogP contribution in [0.4, 0.5) is 0 Å². The molecule has 0 fully saturated rings. The van der Waals surface area contributed by atoms with Crippen molar-refractivity contribution in [2.24, 2.45) is 5.73 Å². The van der Waals surface area contributed by atoms with E-state index in [4.69, 9.17) is 5.73 Å². The second-order valence-electron chi connectivity index (χ2n) is 5.27.